The molecule has 2 aromatic rings. The lowest BCUT2D eigenvalue weighted by molar-refractivity contribution is -0.134. The number of aromatic nitrogens is 1. The smallest absolute Gasteiger partial charge is 0.251 e. The van der Waals surface area contributed by atoms with Crippen LogP contribution < -0.4 is 11.3 Å². The van der Waals surface area contributed by atoms with Gasteiger partial charge in [-0.15, -0.1) is 0 Å². The summed E-state index contributed by atoms with van der Waals surface area (Å²) in [6.07, 6.45) is 1.65. The van der Waals surface area contributed by atoms with Crippen LogP contribution in [-0.2, 0) is 16.0 Å². The average Bonchev–Trinajstić information content (AvgIpc) is 2.60. The van der Waals surface area contributed by atoms with Crippen molar-refractivity contribution < 1.29 is 14.0 Å². The lowest BCUT2D eigenvalue weighted by Crippen LogP contribution is -2.41. The molecule has 0 bridgehead atoms. The minimum Gasteiger partial charge on any atom is -0.369 e. The van der Waals surface area contributed by atoms with Crippen molar-refractivity contribution in [3.05, 3.63) is 46.0 Å². The first-order chi connectivity index (χ1) is 11.9. The Hall–Kier alpha value is -2.70. The summed E-state index contributed by atoms with van der Waals surface area (Å²) in [5.74, 6) is -0.912. The second kappa shape index (κ2) is 7.04. The molecule has 1 aromatic carbocycles. The van der Waals surface area contributed by atoms with E-state index in [9.17, 15) is 18.8 Å². The Morgan fingerprint density at radius 2 is 1.96 bits per heavy atom. The van der Waals surface area contributed by atoms with Crippen molar-refractivity contribution in [2.24, 2.45) is 11.7 Å². The van der Waals surface area contributed by atoms with E-state index in [1.54, 1.807) is 11.0 Å². The fourth-order valence-electron chi connectivity index (χ4n) is 3.22. The number of likely N-dealkylation sites (tertiary alicyclic amines) is 1. The zero-order chi connectivity index (χ0) is 18.0. The van der Waals surface area contributed by atoms with Crippen LogP contribution in [0.1, 0.15) is 24.8 Å². The number of nitrogens with two attached hydrogens (primary N) is 1. The Labute approximate surface area is 143 Å². The van der Waals surface area contributed by atoms with E-state index in [1.165, 1.54) is 18.2 Å². The van der Waals surface area contributed by atoms with Gasteiger partial charge >= 0.3 is 0 Å². The van der Waals surface area contributed by atoms with Crippen molar-refractivity contribution >= 4 is 22.7 Å². The number of benzene rings is 1. The normalized spacial score (nSPS) is 15.5. The maximum absolute atomic E-state index is 13.3. The number of nitrogens with zero attached hydrogens (tertiary/aromatic N) is 1. The van der Waals surface area contributed by atoms with Crippen LogP contribution in [0.15, 0.2) is 29.1 Å². The third kappa shape index (κ3) is 3.87. The number of aromatic amines is 1. The van der Waals surface area contributed by atoms with Crippen LogP contribution in [0.2, 0.25) is 0 Å². The first kappa shape index (κ1) is 17.1. The number of aryl methyl sites for hydroxylation is 1. The second-order valence-electron chi connectivity index (χ2n) is 6.41. The molecule has 3 rings (SSSR count). The van der Waals surface area contributed by atoms with Crippen molar-refractivity contribution in [1.29, 1.82) is 0 Å². The van der Waals surface area contributed by atoms with E-state index in [4.69, 9.17) is 5.73 Å². The molecule has 132 valence electrons. The summed E-state index contributed by atoms with van der Waals surface area (Å²) < 4.78 is 13.3. The van der Waals surface area contributed by atoms with Crippen LogP contribution >= 0.6 is 0 Å². The van der Waals surface area contributed by atoms with Gasteiger partial charge in [0.05, 0.1) is 0 Å². The number of nitrogens with one attached hydrogen (secondary N) is 1. The standard InChI is InChI=1S/C18H20FN3O3/c19-14-2-3-15-13(10-14)9-12(18(25)21-15)1-4-16(23)22-7-5-11(6-8-22)17(20)24/h2-3,9-11H,1,4-8H2,(H2,20,24)(H,21,25). The molecule has 0 atom stereocenters. The predicted molar refractivity (Wildman–Crippen MR) is 91.3 cm³/mol. The molecular weight excluding hydrogens is 325 g/mol. The van der Waals surface area contributed by atoms with Crippen molar-refractivity contribution in [2.75, 3.05) is 13.1 Å². The van der Waals surface area contributed by atoms with Crippen molar-refractivity contribution in [3.8, 4) is 0 Å². The molecule has 3 N–H and O–H groups in total. The highest BCUT2D eigenvalue weighted by molar-refractivity contribution is 5.80. The molecule has 0 unspecified atom stereocenters. The molecule has 2 amide bonds. The van der Waals surface area contributed by atoms with Gasteiger partial charge in [0.2, 0.25) is 11.8 Å². The van der Waals surface area contributed by atoms with Crippen molar-refractivity contribution in [2.45, 2.75) is 25.7 Å². The van der Waals surface area contributed by atoms with Gasteiger partial charge in [-0.1, -0.05) is 0 Å². The highest BCUT2D eigenvalue weighted by Crippen LogP contribution is 2.18. The minimum absolute atomic E-state index is 0.0540. The van der Waals surface area contributed by atoms with Crippen LogP contribution in [0.3, 0.4) is 0 Å². The molecule has 1 aromatic heterocycles. The number of piperidine rings is 1. The van der Waals surface area contributed by atoms with E-state index in [2.05, 4.69) is 4.98 Å². The number of carbonyl (C=O) groups excluding carboxylic acids is 2. The van der Waals surface area contributed by atoms with Gasteiger partial charge in [-0.05, 0) is 43.5 Å². The largest absolute Gasteiger partial charge is 0.369 e. The van der Waals surface area contributed by atoms with Crippen LogP contribution in [0.5, 0.6) is 0 Å². The summed E-state index contributed by atoms with van der Waals surface area (Å²) >= 11 is 0. The number of fused-ring (bicyclic) bond motifs is 1. The van der Waals surface area contributed by atoms with E-state index >= 15 is 0 Å². The van der Waals surface area contributed by atoms with Gasteiger partial charge in [0, 0.05) is 41.9 Å². The summed E-state index contributed by atoms with van der Waals surface area (Å²) in [6.45, 7) is 1.01. The van der Waals surface area contributed by atoms with Crippen LogP contribution in [0.25, 0.3) is 10.9 Å². The molecule has 6 nitrogen and oxygen atoms in total. The van der Waals surface area contributed by atoms with E-state index in [-0.39, 0.29) is 42.0 Å². The van der Waals surface area contributed by atoms with Crippen molar-refractivity contribution in [3.63, 3.8) is 0 Å². The van der Waals surface area contributed by atoms with Crippen LogP contribution in [0.4, 0.5) is 4.39 Å². The third-order valence-electron chi connectivity index (χ3n) is 4.74. The zero-order valence-corrected chi connectivity index (χ0v) is 13.8. The molecule has 1 fully saturated rings. The van der Waals surface area contributed by atoms with Gasteiger partial charge in [0.25, 0.3) is 5.56 Å². The maximum Gasteiger partial charge on any atom is 0.251 e. The SMILES string of the molecule is NC(=O)C1CCN(C(=O)CCc2cc3cc(F)ccc3[nH]c2=O)CC1. The Balaban J connectivity index is 1.64. The number of carbonyl (C=O) groups is 2. The van der Waals surface area contributed by atoms with Crippen LogP contribution in [-0.4, -0.2) is 34.8 Å². The second-order valence-corrected chi connectivity index (χ2v) is 6.41. The lowest BCUT2D eigenvalue weighted by Gasteiger charge is -2.30. The Morgan fingerprint density at radius 3 is 2.64 bits per heavy atom. The van der Waals surface area contributed by atoms with Gasteiger partial charge in [0.1, 0.15) is 5.82 Å². The number of hydrogen-bond donors (Lipinski definition) is 2. The molecular formula is C18H20FN3O3. The Morgan fingerprint density at radius 1 is 1.24 bits per heavy atom. The molecule has 1 saturated heterocycles. The predicted octanol–water partition coefficient (Wildman–Crippen LogP) is 1.32. The molecule has 0 saturated carbocycles. The number of halogens is 1. The summed E-state index contributed by atoms with van der Waals surface area (Å²) in [7, 11) is 0. The van der Waals surface area contributed by atoms with Gasteiger partial charge in [-0.2, -0.15) is 0 Å². The highest BCUT2D eigenvalue weighted by atomic mass is 19.1. The first-order valence-electron chi connectivity index (χ1n) is 8.32. The van der Waals surface area contributed by atoms with E-state index in [1.807, 2.05) is 0 Å². The number of H-pyrrole nitrogens is 1. The zero-order valence-electron chi connectivity index (χ0n) is 13.8. The monoisotopic (exact) mass is 345 g/mol. The minimum atomic E-state index is -0.376. The van der Waals surface area contributed by atoms with E-state index in [0.29, 0.717) is 42.4 Å². The summed E-state index contributed by atoms with van der Waals surface area (Å²) in [4.78, 5) is 40.0. The first-order valence-corrected chi connectivity index (χ1v) is 8.32. The topological polar surface area (TPSA) is 96.3 Å². The van der Waals surface area contributed by atoms with E-state index < -0.39 is 0 Å². The quantitative estimate of drug-likeness (QED) is 0.875. The molecule has 0 radical (unpaired) electrons. The van der Waals surface area contributed by atoms with Gasteiger partial charge in [-0.3, -0.25) is 14.4 Å². The number of amides is 2. The Bertz CT molecular complexity index is 869. The fraction of sp³-hybridized carbons (Fsp3) is 0.389. The van der Waals surface area contributed by atoms with Crippen molar-refractivity contribution in [1.82, 2.24) is 9.88 Å². The number of hydrogen-bond acceptors (Lipinski definition) is 3. The highest BCUT2D eigenvalue weighted by Gasteiger charge is 2.25. The maximum atomic E-state index is 13.3. The van der Waals surface area contributed by atoms with Gasteiger partial charge < -0.3 is 15.6 Å². The molecule has 2 heterocycles. The summed E-state index contributed by atoms with van der Waals surface area (Å²) in [5.41, 5.74) is 6.05. The summed E-state index contributed by atoms with van der Waals surface area (Å²) in [5, 5.41) is 0.601. The number of rotatable bonds is 4. The Kier molecular flexibility index (Phi) is 4.83. The molecule has 25 heavy (non-hydrogen) atoms. The number of primary amides is 1. The average molecular weight is 345 g/mol. The molecule has 0 spiro atoms. The molecule has 1 aliphatic rings. The molecule has 7 heteroatoms. The molecule has 0 aliphatic carbocycles. The third-order valence-corrected chi connectivity index (χ3v) is 4.74. The lowest BCUT2D eigenvalue weighted by atomic mass is 9.96. The van der Waals surface area contributed by atoms with Gasteiger partial charge in [0.15, 0.2) is 0 Å². The summed E-state index contributed by atoms with van der Waals surface area (Å²) in [6, 6.07) is 5.79. The van der Waals surface area contributed by atoms with Crippen LogP contribution in [0, 0.1) is 11.7 Å². The fourth-order valence-corrected chi connectivity index (χ4v) is 3.22. The number of pyridine rings is 1. The van der Waals surface area contributed by atoms with E-state index in [0.717, 1.165) is 0 Å². The molecule has 1 aliphatic heterocycles. The van der Waals surface area contributed by atoms with Gasteiger partial charge in [-0.25, -0.2) is 4.39 Å².